The summed E-state index contributed by atoms with van der Waals surface area (Å²) >= 11 is 3.58. The van der Waals surface area contributed by atoms with Crippen molar-refractivity contribution in [3.8, 4) is 0 Å². The van der Waals surface area contributed by atoms with Gasteiger partial charge in [-0.25, -0.2) is 0 Å². The van der Waals surface area contributed by atoms with Crippen LogP contribution in [-0.4, -0.2) is 5.54 Å². The van der Waals surface area contributed by atoms with Gasteiger partial charge in [0, 0.05) is 10.0 Å². The Labute approximate surface area is 87.5 Å². The molecule has 13 heavy (non-hydrogen) atoms. The van der Waals surface area contributed by atoms with Crippen molar-refractivity contribution in [1.29, 1.82) is 0 Å². The van der Waals surface area contributed by atoms with E-state index in [4.69, 9.17) is 5.73 Å². The molecule has 0 saturated carbocycles. The highest BCUT2D eigenvalue weighted by Crippen LogP contribution is 2.31. The van der Waals surface area contributed by atoms with Gasteiger partial charge in [-0.1, -0.05) is 28.1 Å². The Morgan fingerprint density at radius 1 is 1.46 bits per heavy atom. The summed E-state index contributed by atoms with van der Waals surface area (Å²) in [5.74, 6) is 0. The molecule has 0 amide bonds. The van der Waals surface area contributed by atoms with Crippen LogP contribution in [0.25, 0.3) is 0 Å². The van der Waals surface area contributed by atoms with Gasteiger partial charge in [0.05, 0.1) is 0 Å². The summed E-state index contributed by atoms with van der Waals surface area (Å²) in [7, 11) is 0. The molecular formula is C11H14BrN. The van der Waals surface area contributed by atoms with Crippen LogP contribution in [0, 0.1) is 0 Å². The Balaban J connectivity index is 2.42. The van der Waals surface area contributed by atoms with Crippen LogP contribution in [0.2, 0.25) is 0 Å². The lowest BCUT2D eigenvalue weighted by molar-refractivity contribution is 0.408. The number of benzene rings is 1. The van der Waals surface area contributed by atoms with E-state index in [0.29, 0.717) is 0 Å². The maximum Gasteiger partial charge on any atom is 0.0210 e. The topological polar surface area (TPSA) is 26.0 Å². The molecule has 70 valence electrons. The van der Waals surface area contributed by atoms with Crippen molar-refractivity contribution >= 4 is 15.9 Å². The molecule has 1 unspecified atom stereocenters. The molecule has 2 heteroatoms. The third-order valence-corrected chi connectivity index (χ3v) is 3.50. The first kappa shape index (κ1) is 9.22. The van der Waals surface area contributed by atoms with E-state index in [1.807, 2.05) is 0 Å². The van der Waals surface area contributed by atoms with E-state index in [1.165, 1.54) is 15.6 Å². The molecule has 1 nitrogen and oxygen atoms in total. The average Bonchev–Trinajstić information content (AvgIpc) is 2.02. The van der Waals surface area contributed by atoms with Crippen LogP contribution in [0.1, 0.15) is 24.5 Å². The van der Waals surface area contributed by atoms with Crippen LogP contribution >= 0.6 is 15.9 Å². The smallest absolute Gasteiger partial charge is 0.0210 e. The van der Waals surface area contributed by atoms with E-state index in [0.717, 1.165) is 19.3 Å². The molecule has 2 rings (SSSR count). The van der Waals surface area contributed by atoms with Gasteiger partial charge >= 0.3 is 0 Å². The molecule has 0 heterocycles. The van der Waals surface area contributed by atoms with E-state index < -0.39 is 0 Å². The van der Waals surface area contributed by atoms with Gasteiger partial charge in [-0.3, -0.25) is 0 Å². The second-order valence-corrected chi connectivity index (χ2v) is 5.06. The summed E-state index contributed by atoms with van der Waals surface area (Å²) < 4.78 is 1.24. The summed E-state index contributed by atoms with van der Waals surface area (Å²) in [5, 5.41) is 0. The molecule has 1 atom stereocenters. The van der Waals surface area contributed by atoms with Crippen LogP contribution in [0.15, 0.2) is 22.7 Å². The van der Waals surface area contributed by atoms with Crippen LogP contribution in [0.4, 0.5) is 0 Å². The maximum atomic E-state index is 6.13. The van der Waals surface area contributed by atoms with Crippen molar-refractivity contribution in [3.05, 3.63) is 33.8 Å². The van der Waals surface area contributed by atoms with Crippen molar-refractivity contribution in [2.24, 2.45) is 5.73 Å². The average molecular weight is 240 g/mol. The monoisotopic (exact) mass is 239 g/mol. The first-order valence-electron chi connectivity index (χ1n) is 4.64. The number of hydrogen-bond acceptors (Lipinski definition) is 1. The second-order valence-electron chi connectivity index (χ2n) is 4.21. The fourth-order valence-corrected chi connectivity index (χ4v) is 2.59. The minimum atomic E-state index is -0.00616. The fourth-order valence-electron chi connectivity index (χ4n) is 1.98. The zero-order chi connectivity index (χ0) is 9.47. The van der Waals surface area contributed by atoms with Gasteiger partial charge in [0.25, 0.3) is 0 Å². The number of hydrogen-bond donors (Lipinski definition) is 1. The number of fused-ring (bicyclic) bond motifs is 1. The molecular weight excluding hydrogens is 226 g/mol. The second kappa shape index (κ2) is 3.10. The molecule has 1 aliphatic rings. The predicted octanol–water partition coefficient (Wildman–Crippen LogP) is 2.66. The molecule has 0 saturated heterocycles. The van der Waals surface area contributed by atoms with Crippen LogP contribution in [0.3, 0.4) is 0 Å². The Kier molecular flexibility index (Phi) is 2.20. The maximum absolute atomic E-state index is 6.13. The first-order valence-corrected chi connectivity index (χ1v) is 5.43. The standard InChI is InChI=1S/C11H14BrN/c1-11(13)6-5-9-8(7-11)3-2-4-10(9)12/h2-4H,5-7,13H2,1H3. The predicted molar refractivity (Wildman–Crippen MR) is 58.8 cm³/mol. The van der Waals surface area contributed by atoms with Gasteiger partial charge in [-0.05, 0) is 43.4 Å². The number of halogens is 1. The van der Waals surface area contributed by atoms with Gasteiger partial charge in [0.15, 0.2) is 0 Å². The quantitative estimate of drug-likeness (QED) is 0.741. The largest absolute Gasteiger partial charge is 0.325 e. The lowest BCUT2D eigenvalue weighted by Crippen LogP contribution is -2.41. The lowest BCUT2D eigenvalue weighted by atomic mass is 9.80. The Morgan fingerprint density at radius 3 is 3.00 bits per heavy atom. The van der Waals surface area contributed by atoms with Gasteiger partial charge in [-0.15, -0.1) is 0 Å². The van der Waals surface area contributed by atoms with Gasteiger partial charge in [-0.2, -0.15) is 0 Å². The molecule has 1 aromatic rings. The Hall–Kier alpha value is -0.340. The molecule has 0 aromatic heterocycles. The Morgan fingerprint density at radius 2 is 2.23 bits per heavy atom. The zero-order valence-corrected chi connectivity index (χ0v) is 9.39. The molecule has 0 spiro atoms. The van der Waals surface area contributed by atoms with Crippen molar-refractivity contribution in [3.63, 3.8) is 0 Å². The van der Waals surface area contributed by atoms with Gasteiger partial charge in [0.2, 0.25) is 0 Å². The third-order valence-electron chi connectivity index (χ3n) is 2.76. The molecule has 0 bridgehead atoms. The summed E-state index contributed by atoms with van der Waals surface area (Å²) in [6, 6.07) is 6.38. The fraction of sp³-hybridized carbons (Fsp3) is 0.455. The highest BCUT2D eigenvalue weighted by Gasteiger charge is 2.26. The van der Waals surface area contributed by atoms with Crippen LogP contribution < -0.4 is 5.73 Å². The van der Waals surface area contributed by atoms with Crippen LogP contribution in [-0.2, 0) is 12.8 Å². The molecule has 0 aliphatic heterocycles. The summed E-state index contributed by atoms with van der Waals surface area (Å²) in [6.07, 6.45) is 3.19. The van der Waals surface area contributed by atoms with Crippen molar-refractivity contribution in [2.75, 3.05) is 0 Å². The van der Waals surface area contributed by atoms with E-state index in [1.54, 1.807) is 0 Å². The summed E-state index contributed by atoms with van der Waals surface area (Å²) in [4.78, 5) is 0. The highest BCUT2D eigenvalue weighted by atomic mass is 79.9. The Bertz CT molecular complexity index is 331. The van der Waals surface area contributed by atoms with Gasteiger partial charge < -0.3 is 5.73 Å². The minimum absolute atomic E-state index is 0.00616. The zero-order valence-electron chi connectivity index (χ0n) is 7.81. The molecule has 0 fully saturated rings. The lowest BCUT2D eigenvalue weighted by Gasteiger charge is -2.31. The van der Waals surface area contributed by atoms with E-state index in [9.17, 15) is 0 Å². The minimum Gasteiger partial charge on any atom is -0.325 e. The van der Waals surface area contributed by atoms with Crippen LogP contribution in [0.5, 0.6) is 0 Å². The molecule has 0 radical (unpaired) electrons. The van der Waals surface area contributed by atoms with E-state index >= 15 is 0 Å². The van der Waals surface area contributed by atoms with Gasteiger partial charge in [0.1, 0.15) is 0 Å². The van der Waals surface area contributed by atoms with Crippen molar-refractivity contribution < 1.29 is 0 Å². The van der Waals surface area contributed by atoms with E-state index in [-0.39, 0.29) is 5.54 Å². The molecule has 1 aliphatic carbocycles. The molecule has 2 N–H and O–H groups in total. The van der Waals surface area contributed by atoms with Crippen molar-refractivity contribution in [1.82, 2.24) is 0 Å². The SMILES string of the molecule is CC1(N)CCc2c(Br)cccc2C1. The molecule has 1 aromatic carbocycles. The normalized spacial score (nSPS) is 27.0. The van der Waals surface area contributed by atoms with E-state index in [2.05, 4.69) is 41.1 Å². The summed E-state index contributed by atoms with van der Waals surface area (Å²) in [5.41, 5.74) is 8.98. The van der Waals surface area contributed by atoms with Crippen molar-refractivity contribution in [2.45, 2.75) is 31.7 Å². The number of rotatable bonds is 0. The highest BCUT2D eigenvalue weighted by molar-refractivity contribution is 9.10. The third kappa shape index (κ3) is 1.79. The first-order chi connectivity index (χ1) is 6.08. The number of nitrogens with two attached hydrogens (primary N) is 1. The summed E-state index contributed by atoms with van der Waals surface area (Å²) in [6.45, 7) is 2.14.